The average Bonchev–Trinajstić information content (AvgIpc) is 2.58. The second-order valence-corrected chi connectivity index (χ2v) is 5.19. The van der Waals surface area contributed by atoms with E-state index in [0.29, 0.717) is 6.42 Å². The Balaban J connectivity index is -0.000000963. The van der Waals surface area contributed by atoms with Gasteiger partial charge in [-0.05, 0) is 34.1 Å². The van der Waals surface area contributed by atoms with Crippen LogP contribution in [-0.2, 0) is 26.5 Å². The molecular formula is C14H22Cl2NO2Ti. The van der Waals surface area contributed by atoms with E-state index in [4.69, 9.17) is 9.84 Å². The molecule has 0 aromatic heterocycles. The van der Waals surface area contributed by atoms with Crippen LogP contribution < -0.4 is 30.1 Å². The Morgan fingerprint density at radius 1 is 1.35 bits per heavy atom. The quantitative estimate of drug-likeness (QED) is 0.310. The first-order valence-electron chi connectivity index (χ1n) is 5.86. The molecule has 113 valence electrons. The van der Waals surface area contributed by atoms with E-state index in [1.807, 2.05) is 13.0 Å². The van der Waals surface area contributed by atoms with Crippen LogP contribution in [0.3, 0.4) is 0 Å². The van der Waals surface area contributed by atoms with Gasteiger partial charge in [-0.3, -0.25) is 0 Å². The number of ether oxygens (including phenoxy) is 1. The molecule has 0 aromatic rings. The summed E-state index contributed by atoms with van der Waals surface area (Å²) >= 11 is 0. The number of methoxy groups -OCH3 is 1. The minimum Gasteiger partial charge on any atom is -1.00 e. The average molecular weight is 355 g/mol. The summed E-state index contributed by atoms with van der Waals surface area (Å²) in [6.07, 6.45) is 5.94. The molecule has 1 radical (unpaired) electrons. The molecule has 1 aliphatic rings. The van der Waals surface area contributed by atoms with Crippen molar-refractivity contribution < 1.29 is 56.4 Å². The molecule has 0 aliphatic heterocycles. The molecule has 20 heavy (non-hydrogen) atoms. The molecule has 1 aliphatic carbocycles. The Kier molecular flexibility index (Phi) is 13.5. The van der Waals surface area contributed by atoms with E-state index in [1.54, 1.807) is 7.11 Å². The van der Waals surface area contributed by atoms with Gasteiger partial charge in [0.1, 0.15) is 0 Å². The van der Waals surface area contributed by atoms with Crippen molar-refractivity contribution in [3.8, 4) is 0 Å². The normalized spacial score (nSPS) is 15.9. The Bertz CT molecular complexity index is 385. The number of allylic oxidation sites excluding steroid dienone is 5. The smallest absolute Gasteiger partial charge is 1.00 e. The molecule has 0 heterocycles. The minimum atomic E-state index is -0.0205. The van der Waals surface area contributed by atoms with Crippen LogP contribution in [0.2, 0.25) is 0 Å². The summed E-state index contributed by atoms with van der Waals surface area (Å²) in [7, 11) is 1.65. The summed E-state index contributed by atoms with van der Waals surface area (Å²) in [5.41, 5.74) is 2.96. The van der Waals surface area contributed by atoms with Crippen LogP contribution in [0, 0.1) is 6.08 Å². The molecule has 6 heteroatoms. The summed E-state index contributed by atoms with van der Waals surface area (Å²) in [5.74, 6) is 0.839. The van der Waals surface area contributed by atoms with E-state index >= 15 is 0 Å². The van der Waals surface area contributed by atoms with Crippen LogP contribution in [0.5, 0.6) is 0 Å². The molecule has 0 amide bonds. The van der Waals surface area contributed by atoms with Crippen LogP contribution in [0.25, 0.3) is 0 Å². The topological polar surface area (TPSA) is 41.5 Å². The summed E-state index contributed by atoms with van der Waals surface area (Å²) in [5, 5.41) is 12.5. The van der Waals surface area contributed by atoms with Crippen molar-refractivity contribution in [3.63, 3.8) is 0 Å². The molecule has 0 saturated carbocycles. The molecular weight excluding hydrogens is 333 g/mol. The Hall–Kier alpha value is 0.0743. The second kappa shape index (κ2) is 10.8. The maximum Gasteiger partial charge on any atom is 3.00 e. The van der Waals surface area contributed by atoms with Crippen molar-refractivity contribution in [2.75, 3.05) is 13.7 Å². The summed E-state index contributed by atoms with van der Waals surface area (Å²) in [6, 6.07) is 0. The van der Waals surface area contributed by atoms with Crippen molar-refractivity contribution in [1.29, 1.82) is 0 Å². The third kappa shape index (κ3) is 7.75. The first kappa shape index (κ1) is 25.1. The van der Waals surface area contributed by atoms with Crippen molar-refractivity contribution in [1.82, 2.24) is 5.32 Å². The van der Waals surface area contributed by atoms with Crippen LogP contribution in [0.4, 0.5) is 0 Å². The van der Waals surface area contributed by atoms with E-state index in [-0.39, 0.29) is 58.7 Å². The van der Waals surface area contributed by atoms with Crippen molar-refractivity contribution in [2.24, 2.45) is 0 Å². The standard InChI is InChI=1S/C14H22NO2.2ClH.Ti/c1-10(17-5)12-8-11(6-7-16)13(9-12)15-14(2,3)4;;;/h8,15-16H,6-7H2,1-5H3;2*1H;/q-1;;;+3/p-2. The van der Waals surface area contributed by atoms with E-state index in [9.17, 15) is 0 Å². The van der Waals surface area contributed by atoms with Gasteiger partial charge in [0.25, 0.3) is 0 Å². The van der Waals surface area contributed by atoms with Crippen molar-refractivity contribution in [2.45, 2.75) is 39.7 Å². The number of rotatable bonds is 4. The molecule has 0 saturated heterocycles. The molecule has 1 rings (SSSR count). The maximum absolute atomic E-state index is 9.07. The number of aliphatic hydroxyl groups is 1. The summed E-state index contributed by atoms with van der Waals surface area (Å²) in [6.45, 7) is 8.35. The van der Waals surface area contributed by atoms with Crippen LogP contribution in [0.1, 0.15) is 34.1 Å². The van der Waals surface area contributed by atoms with Gasteiger partial charge in [0, 0.05) is 17.9 Å². The first-order chi connectivity index (χ1) is 7.87. The third-order valence-electron chi connectivity index (χ3n) is 2.47. The Morgan fingerprint density at radius 3 is 2.30 bits per heavy atom. The minimum absolute atomic E-state index is 0. The number of hydrogen-bond donors (Lipinski definition) is 2. The van der Waals surface area contributed by atoms with Gasteiger partial charge < -0.3 is 40.0 Å². The Morgan fingerprint density at radius 2 is 1.90 bits per heavy atom. The molecule has 2 N–H and O–H groups in total. The zero-order chi connectivity index (χ0) is 13.1. The van der Waals surface area contributed by atoms with Gasteiger partial charge in [0.05, 0.1) is 7.11 Å². The molecule has 3 nitrogen and oxygen atoms in total. The molecule has 0 bridgehead atoms. The van der Waals surface area contributed by atoms with Gasteiger partial charge in [0.2, 0.25) is 0 Å². The van der Waals surface area contributed by atoms with Crippen LogP contribution >= 0.6 is 0 Å². The molecule has 0 unspecified atom stereocenters. The van der Waals surface area contributed by atoms with Gasteiger partial charge in [-0.2, -0.15) is 6.08 Å². The predicted molar refractivity (Wildman–Crippen MR) is 69.1 cm³/mol. The Labute approximate surface area is 149 Å². The monoisotopic (exact) mass is 354 g/mol. The number of aliphatic hydroxyl groups excluding tert-OH is 1. The molecule has 0 aromatic carbocycles. The number of halogens is 2. The SMILES string of the molecule is COC(C)=C1[C-]=C(NC(C)(C)C)C(CCO)=C1.[Cl-].[Cl-].[Ti+3]. The van der Waals surface area contributed by atoms with Gasteiger partial charge in [-0.15, -0.1) is 17.2 Å². The van der Waals surface area contributed by atoms with Crippen LogP contribution in [0.15, 0.2) is 28.7 Å². The molecule has 0 atom stereocenters. The zero-order valence-electron chi connectivity index (χ0n) is 12.6. The van der Waals surface area contributed by atoms with E-state index < -0.39 is 0 Å². The zero-order valence-corrected chi connectivity index (χ0v) is 15.7. The number of nitrogens with one attached hydrogen (secondary N) is 1. The fourth-order valence-electron chi connectivity index (χ4n) is 1.60. The second-order valence-electron chi connectivity index (χ2n) is 5.19. The molecule has 0 fully saturated rings. The van der Waals surface area contributed by atoms with Gasteiger partial charge >= 0.3 is 21.7 Å². The van der Waals surface area contributed by atoms with Gasteiger partial charge in [-0.25, -0.2) is 0 Å². The third-order valence-corrected chi connectivity index (χ3v) is 2.47. The fourth-order valence-corrected chi connectivity index (χ4v) is 1.60. The largest absolute Gasteiger partial charge is 3.00 e. The first-order valence-corrected chi connectivity index (χ1v) is 5.86. The maximum atomic E-state index is 9.07. The fraction of sp³-hybridized carbons (Fsp3) is 0.571. The molecule has 0 spiro atoms. The summed E-state index contributed by atoms with van der Waals surface area (Å²) < 4.78 is 5.21. The van der Waals surface area contributed by atoms with Crippen LogP contribution in [-0.4, -0.2) is 24.4 Å². The van der Waals surface area contributed by atoms with Gasteiger partial charge in [-0.1, -0.05) is 5.70 Å². The van der Waals surface area contributed by atoms with Crippen molar-refractivity contribution >= 4 is 0 Å². The predicted octanol–water partition coefficient (Wildman–Crippen LogP) is -3.69. The number of hydrogen-bond acceptors (Lipinski definition) is 3. The van der Waals surface area contributed by atoms with E-state index in [1.165, 1.54) is 0 Å². The van der Waals surface area contributed by atoms with Gasteiger partial charge in [0.15, 0.2) is 0 Å². The summed E-state index contributed by atoms with van der Waals surface area (Å²) in [4.78, 5) is 0. The van der Waals surface area contributed by atoms with E-state index in [0.717, 1.165) is 22.6 Å². The van der Waals surface area contributed by atoms with E-state index in [2.05, 4.69) is 32.2 Å². The van der Waals surface area contributed by atoms with Crippen molar-refractivity contribution in [3.05, 3.63) is 34.8 Å².